The lowest BCUT2D eigenvalue weighted by Crippen LogP contribution is -2.25. The van der Waals surface area contributed by atoms with E-state index in [2.05, 4.69) is 29.1 Å². The third-order valence-electron chi connectivity index (χ3n) is 5.32. The summed E-state index contributed by atoms with van der Waals surface area (Å²) in [4.78, 5) is 12.8. The van der Waals surface area contributed by atoms with Crippen LogP contribution in [0.5, 0.6) is 5.75 Å². The second-order valence-electron chi connectivity index (χ2n) is 7.62. The highest BCUT2D eigenvalue weighted by Gasteiger charge is 2.18. The van der Waals surface area contributed by atoms with Gasteiger partial charge in [0.2, 0.25) is 0 Å². The quantitative estimate of drug-likeness (QED) is 0.625. The van der Waals surface area contributed by atoms with Gasteiger partial charge in [-0.2, -0.15) is 5.10 Å². The molecule has 0 bridgehead atoms. The van der Waals surface area contributed by atoms with E-state index in [4.69, 9.17) is 4.74 Å². The summed E-state index contributed by atoms with van der Waals surface area (Å²) >= 11 is 0. The highest BCUT2D eigenvalue weighted by atomic mass is 16.5. The minimum absolute atomic E-state index is 0.0703. The van der Waals surface area contributed by atoms with Crippen LogP contribution in [0.2, 0.25) is 0 Å². The summed E-state index contributed by atoms with van der Waals surface area (Å²) in [5.41, 5.74) is 3.84. The summed E-state index contributed by atoms with van der Waals surface area (Å²) in [7, 11) is 1.87. The van der Waals surface area contributed by atoms with Crippen molar-refractivity contribution in [3.8, 4) is 17.6 Å². The first-order valence-corrected chi connectivity index (χ1v) is 9.95. The first kappa shape index (κ1) is 19.1. The average Bonchev–Trinajstić information content (AvgIpc) is 3.45. The minimum atomic E-state index is -0.0740. The molecule has 0 unspecified atom stereocenters. The van der Waals surface area contributed by atoms with Crippen molar-refractivity contribution in [3.63, 3.8) is 0 Å². The van der Waals surface area contributed by atoms with E-state index in [0.717, 1.165) is 22.5 Å². The number of hydrogen-bond acceptors (Lipinski definition) is 3. The Morgan fingerprint density at radius 2 is 1.97 bits per heavy atom. The summed E-state index contributed by atoms with van der Waals surface area (Å²) in [5.74, 6) is 7.67. The van der Waals surface area contributed by atoms with E-state index in [1.54, 1.807) is 21.5 Å². The molecule has 0 aliphatic heterocycles. The highest BCUT2D eigenvalue weighted by Crippen LogP contribution is 2.27. The summed E-state index contributed by atoms with van der Waals surface area (Å²) < 4.78 is 9.36. The number of aryl methyl sites for hydroxylation is 2. The largest absolute Gasteiger partial charge is 0.487 e. The van der Waals surface area contributed by atoms with Gasteiger partial charge in [-0.15, -0.1) is 0 Å². The number of nitrogens with zero attached hydrogens (tertiary/aromatic N) is 3. The molecule has 1 aromatic carbocycles. The molecular weight excluding hydrogens is 362 g/mol. The third kappa shape index (κ3) is 4.43. The SMILES string of the molecule is Cc1cc(OCc2ccnn2C)cc(=O)n1[C@H](C)c1ccc(C#CC2CC2)cc1. The fourth-order valence-electron chi connectivity index (χ4n) is 3.37. The molecule has 0 spiro atoms. The number of hydrogen-bond donors (Lipinski definition) is 0. The Bertz CT molecular complexity index is 1130. The van der Waals surface area contributed by atoms with Crippen molar-refractivity contribution < 1.29 is 4.74 Å². The number of benzene rings is 1. The van der Waals surface area contributed by atoms with Crippen LogP contribution in [0.4, 0.5) is 0 Å². The lowest BCUT2D eigenvalue weighted by atomic mass is 10.1. The first-order chi connectivity index (χ1) is 14.0. The monoisotopic (exact) mass is 387 g/mol. The number of pyridine rings is 1. The molecule has 4 rings (SSSR count). The lowest BCUT2D eigenvalue weighted by Gasteiger charge is -2.19. The van der Waals surface area contributed by atoms with Crippen molar-refractivity contribution >= 4 is 0 Å². The van der Waals surface area contributed by atoms with Gasteiger partial charge in [0, 0.05) is 36.5 Å². The molecule has 1 aliphatic carbocycles. The molecule has 3 aromatic rings. The predicted octanol–water partition coefficient (Wildman–Crippen LogP) is 3.84. The molecule has 0 N–H and O–H groups in total. The Labute approximate surface area is 171 Å². The van der Waals surface area contributed by atoms with E-state index in [0.29, 0.717) is 18.3 Å². The van der Waals surface area contributed by atoms with Crippen LogP contribution in [0.1, 0.15) is 48.3 Å². The molecule has 5 nitrogen and oxygen atoms in total. The fourth-order valence-corrected chi connectivity index (χ4v) is 3.37. The third-order valence-corrected chi connectivity index (χ3v) is 5.32. The standard InChI is InChI=1S/C24H25N3O2/c1-17-14-23(29-16-22-12-13-25-26(22)3)15-24(28)27(17)18(2)21-10-8-20(9-11-21)7-6-19-4-5-19/h8-15,18-19H,4-5,16H2,1-3H3/t18-/m1/s1. The molecule has 1 aliphatic rings. The number of rotatable bonds is 5. The molecule has 29 heavy (non-hydrogen) atoms. The molecular formula is C24H25N3O2. The Hall–Kier alpha value is -3.26. The van der Waals surface area contributed by atoms with Crippen LogP contribution in [0.15, 0.2) is 53.5 Å². The summed E-state index contributed by atoms with van der Waals surface area (Å²) in [6.45, 7) is 4.35. The molecule has 2 aromatic heterocycles. The topological polar surface area (TPSA) is 49.1 Å². The minimum Gasteiger partial charge on any atom is -0.487 e. The maximum atomic E-state index is 12.8. The van der Waals surface area contributed by atoms with Gasteiger partial charge in [-0.05, 0) is 56.5 Å². The zero-order valence-corrected chi connectivity index (χ0v) is 17.1. The van der Waals surface area contributed by atoms with Gasteiger partial charge in [0.15, 0.2) is 0 Å². The van der Waals surface area contributed by atoms with E-state index in [9.17, 15) is 4.79 Å². The maximum absolute atomic E-state index is 12.8. The molecule has 1 atom stereocenters. The van der Waals surface area contributed by atoms with Crippen LogP contribution in [-0.4, -0.2) is 14.3 Å². The van der Waals surface area contributed by atoms with E-state index in [1.807, 2.05) is 45.2 Å². The number of aromatic nitrogens is 3. The van der Waals surface area contributed by atoms with Crippen molar-refractivity contribution in [2.75, 3.05) is 0 Å². The van der Waals surface area contributed by atoms with Crippen molar-refractivity contribution in [1.29, 1.82) is 0 Å². The van der Waals surface area contributed by atoms with Gasteiger partial charge in [0.25, 0.3) is 5.56 Å². The second kappa shape index (κ2) is 8.00. The molecule has 0 radical (unpaired) electrons. The Morgan fingerprint density at radius 1 is 1.21 bits per heavy atom. The lowest BCUT2D eigenvalue weighted by molar-refractivity contribution is 0.293. The van der Waals surface area contributed by atoms with E-state index >= 15 is 0 Å². The van der Waals surface area contributed by atoms with Gasteiger partial charge >= 0.3 is 0 Å². The van der Waals surface area contributed by atoms with Crippen molar-refractivity contribution in [2.24, 2.45) is 13.0 Å². The summed E-state index contributed by atoms with van der Waals surface area (Å²) in [6, 6.07) is 13.5. The second-order valence-corrected chi connectivity index (χ2v) is 7.62. The predicted molar refractivity (Wildman–Crippen MR) is 113 cm³/mol. The molecule has 5 heteroatoms. The molecule has 1 fully saturated rings. The van der Waals surface area contributed by atoms with E-state index in [-0.39, 0.29) is 11.6 Å². The molecule has 0 saturated heterocycles. The normalized spacial score (nSPS) is 14.2. The zero-order chi connectivity index (χ0) is 20.4. The molecule has 0 amide bonds. The zero-order valence-electron chi connectivity index (χ0n) is 17.1. The highest BCUT2D eigenvalue weighted by molar-refractivity contribution is 5.38. The van der Waals surface area contributed by atoms with Crippen LogP contribution in [-0.2, 0) is 13.7 Å². The molecule has 1 saturated carbocycles. The van der Waals surface area contributed by atoms with Gasteiger partial charge in [-0.1, -0.05) is 24.0 Å². The Balaban J connectivity index is 1.50. The van der Waals surface area contributed by atoms with E-state index in [1.165, 1.54) is 12.8 Å². The smallest absolute Gasteiger partial charge is 0.254 e. The average molecular weight is 387 g/mol. The van der Waals surface area contributed by atoms with Crippen molar-refractivity contribution in [1.82, 2.24) is 14.3 Å². The van der Waals surface area contributed by atoms with Crippen molar-refractivity contribution in [3.05, 3.63) is 81.5 Å². The number of ether oxygens (including phenoxy) is 1. The van der Waals surface area contributed by atoms with Crippen LogP contribution in [0.3, 0.4) is 0 Å². The van der Waals surface area contributed by atoms with Crippen LogP contribution in [0.25, 0.3) is 0 Å². The first-order valence-electron chi connectivity index (χ1n) is 9.95. The van der Waals surface area contributed by atoms with Gasteiger partial charge in [-0.25, -0.2) is 0 Å². The van der Waals surface area contributed by atoms with Gasteiger partial charge in [0.05, 0.1) is 11.7 Å². The molecule has 148 valence electrons. The summed E-state index contributed by atoms with van der Waals surface area (Å²) in [6.07, 6.45) is 4.19. The van der Waals surface area contributed by atoms with Crippen LogP contribution >= 0.6 is 0 Å². The van der Waals surface area contributed by atoms with Gasteiger partial charge in [-0.3, -0.25) is 9.48 Å². The van der Waals surface area contributed by atoms with Crippen LogP contribution in [0, 0.1) is 24.7 Å². The van der Waals surface area contributed by atoms with Gasteiger partial charge < -0.3 is 9.30 Å². The fraction of sp³-hybridized carbons (Fsp3) is 0.333. The van der Waals surface area contributed by atoms with Crippen LogP contribution < -0.4 is 10.3 Å². The summed E-state index contributed by atoms with van der Waals surface area (Å²) in [5, 5.41) is 4.13. The van der Waals surface area contributed by atoms with Gasteiger partial charge in [0.1, 0.15) is 12.4 Å². The Kier molecular flexibility index (Phi) is 5.26. The van der Waals surface area contributed by atoms with Crippen molar-refractivity contribution in [2.45, 2.75) is 39.3 Å². The maximum Gasteiger partial charge on any atom is 0.254 e. The molecule has 2 heterocycles. The Morgan fingerprint density at radius 3 is 2.59 bits per heavy atom. The van der Waals surface area contributed by atoms with E-state index < -0.39 is 0 Å².